The monoisotopic (exact) mass is 496 g/mol. The van der Waals surface area contributed by atoms with Crippen LogP contribution in [0.4, 0.5) is 0 Å². The Morgan fingerprint density at radius 2 is 2.16 bits per heavy atom. The van der Waals surface area contributed by atoms with Gasteiger partial charge in [-0.15, -0.1) is 21.5 Å². The van der Waals surface area contributed by atoms with Crippen molar-refractivity contribution in [3.8, 4) is 0 Å². The number of thiophene rings is 1. The average Bonchev–Trinajstić information content (AvgIpc) is 3.15. The number of likely N-dealkylation sites (N-methyl/N-ethyl adjacent to an activating group) is 1. The van der Waals surface area contributed by atoms with E-state index >= 15 is 0 Å². The highest BCUT2D eigenvalue weighted by Crippen LogP contribution is 2.41. The summed E-state index contributed by atoms with van der Waals surface area (Å²) in [6.45, 7) is 3.85. The summed E-state index contributed by atoms with van der Waals surface area (Å²) < 4.78 is 36.3. The number of fused-ring (bicyclic) bond motifs is 1. The molecule has 0 radical (unpaired) electrons. The van der Waals surface area contributed by atoms with E-state index in [1.54, 1.807) is 7.11 Å². The lowest BCUT2D eigenvalue weighted by Crippen LogP contribution is -2.43. The van der Waals surface area contributed by atoms with Gasteiger partial charge in [0.2, 0.25) is 5.91 Å². The molecule has 0 aromatic carbocycles. The Balaban J connectivity index is 1.98. The summed E-state index contributed by atoms with van der Waals surface area (Å²) in [5.41, 5.74) is 0.725. The molecule has 2 N–H and O–H groups in total. The van der Waals surface area contributed by atoms with Crippen LogP contribution in [0.2, 0.25) is 0 Å². The minimum atomic E-state index is -3.60. The molecule has 0 unspecified atom stereocenters. The number of hydrogen-bond acceptors (Lipinski definition) is 10. The van der Waals surface area contributed by atoms with Crippen LogP contribution in [0.15, 0.2) is 14.5 Å². The van der Waals surface area contributed by atoms with Gasteiger partial charge in [0.1, 0.15) is 4.21 Å². The molecule has 2 heterocycles. The second-order valence-corrected chi connectivity index (χ2v) is 11.1. The van der Waals surface area contributed by atoms with E-state index in [4.69, 9.17) is 4.74 Å². The van der Waals surface area contributed by atoms with Gasteiger partial charge < -0.3 is 14.9 Å². The third kappa shape index (κ3) is 7.57. The van der Waals surface area contributed by atoms with Crippen LogP contribution in [0.3, 0.4) is 0 Å². The average molecular weight is 497 g/mol. The lowest BCUT2D eigenvalue weighted by molar-refractivity contribution is -0.757. The number of nitrogens with one attached hydrogen (secondary N) is 2. The van der Waals surface area contributed by atoms with Gasteiger partial charge in [-0.3, -0.25) is 9.52 Å². The number of carbonyl (C=O) groups excluding carboxylic acids is 1. The zero-order valence-corrected chi connectivity index (χ0v) is 19.9. The first-order valence-corrected chi connectivity index (χ1v) is 13.0. The van der Waals surface area contributed by atoms with Crippen LogP contribution < -0.4 is 10.0 Å². The van der Waals surface area contributed by atoms with E-state index in [0.717, 1.165) is 28.8 Å². The van der Waals surface area contributed by atoms with Crippen molar-refractivity contribution in [3.63, 3.8) is 0 Å². The van der Waals surface area contributed by atoms with Crippen LogP contribution in [0.25, 0.3) is 0 Å². The normalized spacial score (nSPS) is 17.8. The van der Waals surface area contributed by atoms with Crippen molar-refractivity contribution in [1.29, 1.82) is 0 Å². The summed E-state index contributed by atoms with van der Waals surface area (Å²) in [6, 6.07) is 1.70. The molecule has 1 amide bonds. The topological polar surface area (TPSA) is 140 Å². The first kappa shape index (κ1) is 25.8. The zero-order chi connectivity index (χ0) is 22.9. The molecule has 1 aliphatic rings. The number of methoxy groups -OCH3 is 1. The Morgan fingerprint density at radius 3 is 2.84 bits per heavy atom. The minimum Gasteiger partial charge on any atom is -0.385 e. The van der Waals surface area contributed by atoms with Gasteiger partial charge in [0.05, 0.1) is 10.8 Å². The molecule has 1 aliphatic heterocycles. The number of rotatable bonds is 14. The highest BCUT2D eigenvalue weighted by atomic mass is 32.3. The minimum absolute atomic E-state index is 0.0460. The van der Waals surface area contributed by atoms with E-state index in [0.29, 0.717) is 53.9 Å². The third-order valence-electron chi connectivity index (χ3n) is 4.51. The van der Waals surface area contributed by atoms with Crippen LogP contribution >= 0.6 is 23.3 Å². The molecule has 1 aromatic heterocycles. The maximum Gasteiger partial charge on any atom is 0.294 e. The largest absolute Gasteiger partial charge is 0.385 e. The summed E-state index contributed by atoms with van der Waals surface area (Å²) in [4.78, 5) is 26.3. The lowest BCUT2D eigenvalue weighted by Gasteiger charge is -2.32. The fourth-order valence-electron chi connectivity index (χ4n) is 3.08. The molecule has 0 saturated carbocycles. The van der Waals surface area contributed by atoms with Crippen molar-refractivity contribution < 1.29 is 27.9 Å². The van der Waals surface area contributed by atoms with Gasteiger partial charge in [0.15, 0.2) is 0 Å². The lowest BCUT2D eigenvalue weighted by atomic mass is 10.1. The number of hydrogen-bond donors (Lipinski definition) is 2. The van der Waals surface area contributed by atoms with Crippen molar-refractivity contribution in [2.75, 3.05) is 40.0 Å². The highest BCUT2D eigenvalue weighted by Gasteiger charge is 2.38. The molecule has 0 fully saturated rings. The Morgan fingerprint density at radius 1 is 1.39 bits per heavy atom. The molecule has 31 heavy (non-hydrogen) atoms. The SMILES string of the molecule is CCN[C@H]1CN(CCCOC)S(=O)(=O)c2sc(SNC(=O)CCCCO[N+](=O)[O-])cc21. The maximum absolute atomic E-state index is 13.1. The summed E-state index contributed by atoms with van der Waals surface area (Å²) in [5.74, 6) is -0.232. The highest BCUT2D eigenvalue weighted by molar-refractivity contribution is 8.00. The number of carbonyl (C=O) groups is 1. The Hall–Kier alpha value is -1.45. The van der Waals surface area contributed by atoms with Crippen LogP contribution in [-0.2, 0) is 24.4 Å². The number of amides is 1. The summed E-state index contributed by atoms with van der Waals surface area (Å²) in [6.07, 6.45) is 1.66. The summed E-state index contributed by atoms with van der Waals surface area (Å²) >= 11 is 2.23. The molecule has 0 bridgehead atoms. The Kier molecular flexibility index (Phi) is 10.4. The van der Waals surface area contributed by atoms with Crippen LogP contribution in [0, 0.1) is 10.1 Å². The first-order chi connectivity index (χ1) is 14.8. The van der Waals surface area contributed by atoms with Crippen molar-refractivity contribution >= 4 is 39.2 Å². The molecule has 1 aromatic rings. The molecule has 1 atom stereocenters. The molecular formula is C17H28N4O7S3. The van der Waals surface area contributed by atoms with Crippen LogP contribution in [-0.4, -0.2) is 63.7 Å². The van der Waals surface area contributed by atoms with E-state index < -0.39 is 15.1 Å². The van der Waals surface area contributed by atoms with Gasteiger partial charge in [-0.2, -0.15) is 4.31 Å². The molecule has 176 valence electrons. The van der Waals surface area contributed by atoms with Crippen molar-refractivity contribution in [3.05, 3.63) is 21.7 Å². The standard InChI is InChI=1S/C17H28N4O7S3/c1-3-18-14-12-20(8-6-9-27-2)31(25,26)17-13(14)11-16(29-17)30-19-15(22)7-4-5-10-28-21(23)24/h11,14,18H,3-10,12H2,1-2H3,(H,19,22)/t14-/m0/s1. The molecule has 0 spiro atoms. The smallest absolute Gasteiger partial charge is 0.294 e. The number of nitrogens with zero attached hydrogens (tertiary/aromatic N) is 2. The van der Waals surface area contributed by atoms with E-state index in [2.05, 4.69) is 14.9 Å². The molecule has 0 aliphatic carbocycles. The van der Waals surface area contributed by atoms with Gasteiger partial charge in [-0.25, -0.2) is 8.42 Å². The molecule has 11 nitrogen and oxygen atoms in total. The van der Waals surface area contributed by atoms with E-state index in [-0.39, 0.29) is 25.0 Å². The molecule has 2 rings (SSSR count). The van der Waals surface area contributed by atoms with Gasteiger partial charge in [0, 0.05) is 44.8 Å². The van der Waals surface area contributed by atoms with E-state index in [1.807, 2.05) is 13.0 Å². The molecular weight excluding hydrogens is 468 g/mol. The quantitative estimate of drug-likeness (QED) is 0.171. The number of sulfonamides is 1. The van der Waals surface area contributed by atoms with Gasteiger partial charge in [-0.1, -0.05) is 6.92 Å². The second-order valence-electron chi connectivity index (χ2n) is 6.77. The zero-order valence-electron chi connectivity index (χ0n) is 17.5. The Labute approximate surface area is 190 Å². The van der Waals surface area contributed by atoms with Gasteiger partial charge >= 0.3 is 0 Å². The molecule has 0 saturated heterocycles. The summed E-state index contributed by atoms with van der Waals surface area (Å²) in [5, 5.41) is 12.6. The van der Waals surface area contributed by atoms with Crippen molar-refractivity contribution in [2.45, 2.75) is 47.1 Å². The molecule has 14 heteroatoms. The predicted octanol–water partition coefficient (Wildman–Crippen LogP) is 1.94. The van der Waals surface area contributed by atoms with Crippen molar-refractivity contribution in [1.82, 2.24) is 14.3 Å². The fraction of sp³-hybridized carbons (Fsp3) is 0.706. The second kappa shape index (κ2) is 12.6. The summed E-state index contributed by atoms with van der Waals surface area (Å²) in [7, 11) is -2.01. The van der Waals surface area contributed by atoms with Gasteiger partial charge in [-0.05, 0) is 43.8 Å². The predicted molar refractivity (Wildman–Crippen MR) is 117 cm³/mol. The van der Waals surface area contributed by atoms with E-state index in [9.17, 15) is 23.3 Å². The number of unbranched alkanes of at least 4 members (excludes halogenated alkanes) is 1. The number of ether oxygens (including phenoxy) is 1. The van der Waals surface area contributed by atoms with E-state index in [1.165, 1.54) is 4.31 Å². The Bertz CT molecular complexity index is 847. The van der Waals surface area contributed by atoms with Gasteiger partial charge in [0.25, 0.3) is 15.1 Å². The van der Waals surface area contributed by atoms with Crippen LogP contribution in [0.5, 0.6) is 0 Å². The third-order valence-corrected chi connectivity index (χ3v) is 8.99. The fourth-order valence-corrected chi connectivity index (χ4v) is 7.43. The van der Waals surface area contributed by atoms with Crippen LogP contribution in [0.1, 0.15) is 44.2 Å². The maximum atomic E-state index is 13.1. The van der Waals surface area contributed by atoms with Crippen molar-refractivity contribution in [2.24, 2.45) is 0 Å². The first-order valence-electron chi connectivity index (χ1n) is 9.88.